The smallest absolute Gasteiger partial charge is 0.303 e. The number of hydrogen-bond donors (Lipinski definition) is 3. The van der Waals surface area contributed by atoms with Gasteiger partial charge in [0.25, 0.3) is 11.5 Å². The number of aromatic amines is 1. The number of carbonyl (C=O) groups is 1. The molecule has 148 valence electrons. The van der Waals surface area contributed by atoms with Crippen LogP contribution in [0, 0.1) is 5.95 Å². The van der Waals surface area contributed by atoms with Crippen LogP contribution in [0.2, 0.25) is 10.0 Å². The van der Waals surface area contributed by atoms with E-state index in [9.17, 15) is 14.0 Å². The minimum atomic E-state index is -0.909. The summed E-state index contributed by atoms with van der Waals surface area (Å²) >= 11 is 11.8. The Morgan fingerprint density at radius 1 is 1.29 bits per heavy atom. The number of unbranched alkanes of at least 4 members (excludes halogenated alkanes) is 1. The molecule has 1 aromatic carbocycles. The topological polar surface area (TPSA) is 113 Å². The first-order chi connectivity index (χ1) is 13.3. The Kier molecular flexibility index (Phi) is 6.15. The number of halogens is 3. The highest BCUT2D eigenvalue weighted by Crippen LogP contribution is 2.23. The number of nitrogens with one attached hydrogen (secondary N) is 2. The molecule has 0 aliphatic heterocycles. The van der Waals surface area contributed by atoms with Crippen LogP contribution in [0.1, 0.15) is 24.8 Å². The maximum atomic E-state index is 14.2. The number of carboxylic acids is 1. The van der Waals surface area contributed by atoms with E-state index in [0.717, 1.165) is 5.56 Å². The van der Waals surface area contributed by atoms with Crippen molar-refractivity contribution in [1.82, 2.24) is 19.7 Å². The molecule has 0 spiro atoms. The maximum absolute atomic E-state index is 14.2. The lowest BCUT2D eigenvalue weighted by atomic mass is 10.2. The number of rotatable bonds is 8. The third kappa shape index (κ3) is 4.60. The Morgan fingerprint density at radius 2 is 2.07 bits per heavy atom. The van der Waals surface area contributed by atoms with Gasteiger partial charge in [0.1, 0.15) is 0 Å². The van der Waals surface area contributed by atoms with Crippen LogP contribution in [0.15, 0.2) is 23.0 Å². The van der Waals surface area contributed by atoms with Gasteiger partial charge in [-0.1, -0.05) is 29.3 Å². The summed E-state index contributed by atoms with van der Waals surface area (Å²) in [7, 11) is 0. The summed E-state index contributed by atoms with van der Waals surface area (Å²) in [6.45, 7) is 0.505. The third-order valence-electron chi connectivity index (χ3n) is 4.01. The number of aryl methyl sites for hydroxylation is 1. The van der Waals surface area contributed by atoms with Crippen molar-refractivity contribution in [3.8, 4) is 0 Å². The van der Waals surface area contributed by atoms with Gasteiger partial charge in [-0.2, -0.15) is 4.39 Å². The lowest BCUT2D eigenvalue weighted by molar-refractivity contribution is -0.137. The van der Waals surface area contributed by atoms with Crippen LogP contribution in [-0.4, -0.2) is 30.8 Å². The van der Waals surface area contributed by atoms with Gasteiger partial charge in [0.2, 0.25) is 5.95 Å². The van der Waals surface area contributed by atoms with Crippen molar-refractivity contribution in [2.24, 2.45) is 0 Å². The molecule has 0 atom stereocenters. The number of anilines is 1. The molecule has 0 amide bonds. The van der Waals surface area contributed by atoms with Crippen LogP contribution in [-0.2, 0) is 17.9 Å². The number of fused-ring (bicyclic) bond motifs is 1. The predicted octanol–water partition coefficient (Wildman–Crippen LogP) is 3.43. The second-order valence-corrected chi connectivity index (χ2v) is 6.89. The molecule has 0 saturated carbocycles. The van der Waals surface area contributed by atoms with Crippen molar-refractivity contribution in [3.05, 3.63) is 50.1 Å². The molecule has 0 bridgehead atoms. The van der Waals surface area contributed by atoms with E-state index in [1.807, 2.05) is 0 Å². The Hall–Kier alpha value is -2.65. The number of carboxylic acid groups (broad SMARTS) is 1. The van der Waals surface area contributed by atoms with Crippen LogP contribution in [0.3, 0.4) is 0 Å². The molecule has 8 nitrogen and oxygen atoms in total. The van der Waals surface area contributed by atoms with Gasteiger partial charge in [0.05, 0.1) is 10.0 Å². The van der Waals surface area contributed by atoms with Crippen LogP contribution in [0.5, 0.6) is 0 Å². The van der Waals surface area contributed by atoms with Crippen LogP contribution >= 0.6 is 23.2 Å². The summed E-state index contributed by atoms with van der Waals surface area (Å²) in [6.07, 6.45) is 0.839. The van der Waals surface area contributed by atoms with Crippen molar-refractivity contribution in [2.75, 3.05) is 5.32 Å². The first-order valence-electron chi connectivity index (χ1n) is 8.41. The molecule has 3 aromatic rings. The Morgan fingerprint density at radius 3 is 2.79 bits per heavy atom. The largest absolute Gasteiger partial charge is 0.481 e. The molecule has 2 heterocycles. The molecular weight excluding hydrogens is 412 g/mol. The fraction of sp³-hybridized carbons (Fsp3) is 0.294. The Balaban J connectivity index is 1.77. The van der Waals surface area contributed by atoms with E-state index < -0.39 is 17.5 Å². The molecule has 28 heavy (non-hydrogen) atoms. The third-order valence-corrected chi connectivity index (χ3v) is 4.75. The molecule has 0 saturated heterocycles. The van der Waals surface area contributed by atoms with E-state index in [1.54, 1.807) is 18.2 Å². The zero-order chi connectivity index (χ0) is 20.3. The number of aromatic nitrogens is 4. The number of benzene rings is 1. The van der Waals surface area contributed by atoms with Gasteiger partial charge < -0.3 is 10.4 Å². The van der Waals surface area contributed by atoms with E-state index in [0.29, 0.717) is 22.9 Å². The van der Waals surface area contributed by atoms with Gasteiger partial charge in [-0.3, -0.25) is 19.3 Å². The lowest BCUT2D eigenvalue weighted by Crippen LogP contribution is -2.16. The monoisotopic (exact) mass is 427 g/mol. The summed E-state index contributed by atoms with van der Waals surface area (Å²) < 4.78 is 15.4. The lowest BCUT2D eigenvalue weighted by Gasteiger charge is -2.07. The van der Waals surface area contributed by atoms with Crippen LogP contribution < -0.4 is 10.9 Å². The van der Waals surface area contributed by atoms with Gasteiger partial charge in [-0.15, -0.1) is 5.10 Å². The molecule has 3 N–H and O–H groups in total. The average Bonchev–Trinajstić information content (AvgIpc) is 2.96. The molecule has 3 rings (SSSR count). The second kappa shape index (κ2) is 8.57. The minimum Gasteiger partial charge on any atom is -0.481 e. The van der Waals surface area contributed by atoms with Crippen LogP contribution in [0.25, 0.3) is 11.0 Å². The maximum Gasteiger partial charge on any atom is 0.303 e. The zero-order valence-corrected chi connectivity index (χ0v) is 16.0. The van der Waals surface area contributed by atoms with Crippen LogP contribution in [0.4, 0.5) is 10.3 Å². The first kappa shape index (κ1) is 20.1. The quantitative estimate of drug-likeness (QED) is 0.474. The fourth-order valence-corrected chi connectivity index (χ4v) is 2.99. The van der Waals surface area contributed by atoms with Gasteiger partial charge in [-0.05, 0) is 30.5 Å². The van der Waals surface area contributed by atoms with E-state index >= 15 is 0 Å². The van der Waals surface area contributed by atoms with Gasteiger partial charge in [-0.25, -0.2) is 4.98 Å². The number of nitrogens with zero attached hydrogens (tertiary/aromatic N) is 3. The SMILES string of the molecule is O=C(O)CCCCn1nc(F)c2nc(NCc3ccc(Cl)c(Cl)c3)[nH]c(=O)c21. The molecule has 11 heteroatoms. The van der Waals surface area contributed by atoms with E-state index in [1.165, 1.54) is 4.68 Å². The molecule has 0 fully saturated rings. The summed E-state index contributed by atoms with van der Waals surface area (Å²) in [5, 5.41) is 16.1. The zero-order valence-electron chi connectivity index (χ0n) is 14.5. The van der Waals surface area contributed by atoms with Crippen molar-refractivity contribution in [1.29, 1.82) is 0 Å². The molecule has 0 radical (unpaired) electrons. The summed E-state index contributed by atoms with van der Waals surface area (Å²) in [4.78, 5) is 29.6. The molecule has 0 aliphatic carbocycles. The molecular formula is C17H16Cl2FN5O3. The van der Waals surface area contributed by atoms with Gasteiger partial charge in [0.15, 0.2) is 11.0 Å². The highest BCUT2D eigenvalue weighted by Gasteiger charge is 2.16. The van der Waals surface area contributed by atoms with Crippen molar-refractivity contribution in [2.45, 2.75) is 32.4 Å². The Bertz CT molecular complexity index is 1080. The highest BCUT2D eigenvalue weighted by atomic mass is 35.5. The minimum absolute atomic E-state index is 0.000920. The second-order valence-electron chi connectivity index (χ2n) is 6.08. The van der Waals surface area contributed by atoms with Gasteiger partial charge in [0, 0.05) is 19.5 Å². The molecule has 2 aromatic heterocycles. The van der Waals surface area contributed by atoms with E-state index in [-0.39, 0.29) is 36.5 Å². The standard InChI is InChI=1S/C17H16Cl2FN5O3/c18-10-5-4-9(7-11(10)19)8-21-17-22-13-14(16(28)23-17)25(24-15(13)20)6-2-1-3-12(26)27/h4-5,7H,1-3,6,8H2,(H,26,27)(H2,21,22,23,28). The van der Waals surface area contributed by atoms with Crippen molar-refractivity contribution >= 4 is 46.2 Å². The number of H-pyrrole nitrogens is 1. The molecule has 0 aliphatic rings. The first-order valence-corrected chi connectivity index (χ1v) is 9.16. The highest BCUT2D eigenvalue weighted by molar-refractivity contribution is 6.42. The molecule has 0 unspecified atom stereocenters. The summed E-state index contributed by atoms with van der Waals surface area (Å²) in [6, 6.07) is 5.07. The predicted molar refractivity (Wildman–Crippen MR) is 103 cm³/mol. The van der Waals surface area contributed by atoms with E-state index in [2.05, 4.69) is 20.4 Å². The summed E-state index contributed by atoms with van der Waals surface area (Å²) in [5.74, 6) is -1.68. The number of aliphatic carboxylic acids is 1. The normalized spacial score (nSPS) is 11.1. The summed E-state index contributed by atoms with van der Waals surface area (Å²) in [5.41, 5.74) is 0.106. The van der Waals surface area contributed by atoms with Crippen molar-refractivity contribution < 1.29 is 14.3 Å². The average molecular weight is 428 g/mol. The van der Waals surface area contributed by atoms with Gasteiger partial charge >= 0.3 is 5.97 Å². The van der Waals surface area contributed by atoms with E-state index in [4.69, 9.17) is 28.3 Å². The van der Waals surface area contributed by atoms with Crippen molar-refractivity contribution in [3.63, 3.8) is 0 Å². The fourth-order valence-electron chi connectivity index (χ4n) is 2.67. The number of hydrogen-bond acceptors (Lipinski definition) is 5. The Labute approximate surface area is 168 Å².